The molecule has 4 saturated heterocycles. The summed E-state index contributed by atoms with van der Waals surface area (Å²) in [4.78, 5) is 121. The van der Waals surface area contributed by atoms with E-state index in [1.165, 1.54) is 32.6 Å². The van der Waals surface area contributed by atoms with E-state index in [9.17, 15) is 57.1 Å². The predicted molar refractivity (Wildman–Crippen MR) is 324 cm³/mol. The quantitative estimate of drug-likeness (QED) is 0.0171. The van der Waals surface area contributed by atoms with Crippen LogP contribution in [0.1, 0.15) is 228 Å². The van der Waals surface area contributed by atoms with Crippen molar-refractivity contribution >= 4 is 71.0 Å². The van der Waals surface area contributed by atoms with Crippen LogP contribution in [0.4, 0.5) is 24.0 Å². The molecule has 4 aliphatic heterocycles. The number of nitrogens with zero attached hydrogens (tertiary/aromatic N) is 4. The van der Waals surface area contributed by atoms with Gasteiger partial charge in [-0.1, -0.05) is 117 Å². The first-order chi connectivity index (χ1) is 42.2. The number of hydrogen-bond acceptors (Lipinski definition) is 21. The molecule has 0 aromatic carbocycles. The van der Waals surface area contributed by atoms with Gasteiger partial charge in [0.25, 0.3) is 0 Å². The van der Waals surface area contributed by atoms with Crippen LogP contribution in [0.3, 0.4) is 0 Å². The molecule has 12 N–H and O–H groups in total. The van der Waals surface area contributed by atoms with E-state index >= 15 is 0 Å². The van der Waals surface area contributed by atoms with E-state index in [1.807, 2.05) is 26.5 Å². The fraction of sp³-hybridized carbons (Fsp3) is 0.870. The van der Waals surface area contributed by atoms with Gasteiger partial charge < -0.3 is 57.2 Å². The Morgan fingerprint density at radius 3 is 1.11 bits per heavy atom. The first-order valence-electron chi connectivity index (χ1n) is 31.3. The van der Waals surface area contributed by atoms with Crippen LogP contribution in [0, 0.1) is 0 Å². The first-order valence-corrected chi connectivity index (χ1v) is 39.0. The molecule has 518 valence electrons. The van der Waals surface area contributed by atoms with Crippen molar-refractivity contribution in [1.82, 2.24) is 40.9 Å². The molecule has 0 aromatic heterocycles. The van der Waals surface area contributed by atoms with E-state index in [2.05, 4.69) is 62.9 Å². The van der Waals surface area contributed by atoms with E-state index in [-0.39, 0.29) is 92.5 Å². The van der Waals surface area contributed by atoms with Gasteiger partial charge in [-0.25, -0.2) is 24.0 Å². The molecule has 0 radical (unpaired) electrons. The monoisotopic (exact) mass is 1360 g/mol. The molecule has 0 spiro atoms. The first kappa shape index (κ1) is 80.2. The van der Waals surface area contributed by atoms with Crippen molar-refractivity contribution in [1.29, 1.82) is 0 Å². The molecule has 36 heteroatoms. The molecule has 3 atom stereocenters. The summed E-state index contributed by atoms with van der Waals surface area (Å²) in [6.07, 6.45) is 23.7. The van der Waals surface area contributed by atoms with Gasteiger partial charge in [0.1, 0.15) is 26.9 Å². The van der Waals surface area contributed by atoms with Crippen LogP contribution in [0.25, 0.3) is 0 Å². The Morgan fingerprint density at radius 1 is 0.544 bits per heavy atom. The van der Waals surface area contributed by atoms with Crippen LogP contribution in [0.5, 0.6) is 0 Å². The number of ketones is 2. The molecule has 3 unspecified atom stereocenters. The average Bonchev–Trinajstić information content (AvgIpc) is 1.50. The normalized spacial score (nSPS) is 26.3. The van der Waals surface area contributed by atoms with Crippen molar-refractivity contribution in [2.45, 2.75) is 275 Å². The van der Waals surface area contributed by atoms with E-state index in [0.29, 0.717) is 12.8 Å². The number of hydrogen-bond donors (Lipinski definition) is 8. The van der Waals surface area contributed by atoms with Gasteiger partial charge in [0.2, 0.25) is 0 Å². The van der Waals surface area contributed by atoms with Crippen molar-refractivity contribution in [3.63, 3.8) is 0 Å². The van der Waals surface area contributed by atoms with Crippen LogP contribution in [0.2, 0.25) is 0 Å². The van der Waals surface area contributed by atoms with Crippen molar-refractivity contribution < 1.29 is 106 Å². The zero-order chi connectivity index (χ0) is 66.2. The van der Waals surface area contributed by atoms with Gasteiger partial charge in [0, 0.05) is 13.3 Å². The number of Topliss-reactive ketones (excluding diaryl/α,β-unsaturated/α-hetero) is 2. The van der Waals surface area contributed by atoms with E-state index in [0.717, 1.165) is 148 Å². The molecule has 90 heavy (non-hydrogen) atoms. The van der Waals surface area contributed by atoms with Gasteiger partial charge in [-0.05, 0) is 97.3 Å². The number of primary amides is 2. The molecule has 8 rings (SSSR count). The standard InChI is InChI=1S/C37H64N4O6.C9H16N4O2.C7H12O2.CH4N2O.H2O10P4.H2O/c1-3-4-25-37-36(2,38(26-44-30-17-9-5-10-18-30)34(42)40(37)28-46-32-21-13-7-14-22-32)39(27-45-31-19-11-6-12-20-31)35(43)41(37)29-47-33-23-15-8-16-24-33;1-3-4-5-9-8(2,10-6(14)12-9)11-7(15)13-9;1-3-4-5-7(9)6(2)8;2-1(3)4;1-9-14(10-2,11(3)4,12(5)6)13(7)8;/h30-33H,3-29H2,1-2H3;3-5H2,1-2H3,(H2,10,12,14)(H2,11,13,15);3-5H2,1-2H3;(H4,2,3,4);1-2H;1H2. The zero-order valence-electron chi connectivity index (χ0n) is 53.0. The van der Waals surface area contributed by atoms with Crippen molar-refractivity contribution in [3.05, 3.63) is 0 Å². The Labute approximate surface area is 529 Å². The van der Waals surface area contributed by atoms with Crippen LogP contribution in [0.15, 0.2) is 0 Å². The van der Waals surface area contributed by atoms with Gasteiger partial charge in [0.05, 0.1) is 24.4 Å². The summed E-state index contributed by atoms with van der Waals surface area (Å²) in [7, 11) is -13.3. The number of ether oxygens (including phenoxy) is 4. The third kappa shape index (κ3) is 18.7. The summed E-state index contributed by atoms with van der Waals surface area (Å²) in [5.41, 5.74) is 5.09. The van der Waals surface area contributed by atoms with Crippen LogP contribution in [-0.4, -0.2) is 151 Å². The summed E-state index contributed by atoms with van der Waals surface area (Å²) >= 11 is 0. The van der Waals surface area contributed by atoms with Gasteiger partial charge in [-0.3, -0.25) is 29.2 Å². The summed E-state index contributed by atoms with van der Waals surface area (Å²) < 4.78 is 63.6. The number of fused-ring (bicyclic) bond motifs is 2. The Kier molecular flexibility index (Phi) is 33.1. The molecule has 0 aromatic rings. The number of unbranched alkanes of at least 4 members (excludes halogenated alkanes) is 3. The Balaban J connectivity index is 0.000000397. The molecular weight excluding hydrogens is 1260 g/mol. The van der Waals surface area contributed by atoms with Crippen LogP contribution >= 0.6 is 29.3 Å². The molecule has 10 amide bonds. The third-order valence-electron chi connectivity index (χ3n) is 17.9. The zero-order valence-corrected chi connectivity index (χ0v) is 56.6. The van der Waals surface area contributed by atoms with Crippen LogP contribution in [-0.2, 0) is 51.6 Å². The fourth-order valence-corrected chi connectivity index (χ4v) is 18.7. The number of urea groups is 5. The molecular formula is C54H100N10O22P4. The number of rotatable bonds is 27. The Bertz CT molecular complexity index is 2280. The molecule has 0 bridgehead atoms. The molecule has 8 aliphatic rings. The number of nitrogens with two attached hydrogens (primary N) is 2. The van der Waals surface area contributed by atoms with Gasteiger partial charge in [0.15, 0.2) is 34.2 Å². The number of carbonyl (C=O) groups is 7. The van der Waals surface area contributed by atoms with Gasteiger partial charge >= 0.3 is 108 Å². The topological polar surface area (TPSA) is 480 Å². The molecule has 32 nitrogen and oxygen atoms in total. The minimum atomic E-state index is -6.53. The minimum absolute atomic E-state index is 0. The second-order valence-electron chi connectivity index (χ2n) is 23.9. The number of amides is 10. The van der Waals surface area contributed by atoms with Crippen molar-refractivity contribution in [2.24, 2.45) is 11.5 Å². The molecule has 4 saturated carbocycles. The summed E-state index contributed by atoms with van der Waals surface area (Å²) in [6, 6.07) is -1.57. The summed E-state index contributed by atoms with van der Waals surface area (Å²) in [5.74, 6) is -0.555. The number of carbonyl (C=O) groups excluding carboxylic acids is 7. The van der Waals surface area contributed by atoms with E-state index < -0.39 is 58.0 Å². The molecule has 4 aliphatic carbocycles. The van der Waals surface area contributed by atoms with Gasteiger partial charge in [-0.2, -0.15) is 0 Å². The summed E-state index contributed by atoms with van der Waals surface area (Å²) in [5, 5.41) is 27.2. The fourth-order valence-electron chi connectivity index (χ4n) is 12.6. The van der Waals surface area contributed by atoms with E-state index in [4.69, 9.17) is 34.3 Å². The van der Waals surface area contributed by atoms with Crippen molar-refractivity contribution in [2.75, 3.05) is 26.9 Å². The maximum absolute atomic E-state index is 14.9. The average molecular weight is 1370 g/mol. The number of nitrogens with one attached hydrogen (secondary N) is 4. The predicted octanol–water partition coefficient (Wildman–Crippen LogP) is 7.44. The summed E-state index contributed by atoms with van der Waals surface area (Å²) in [6.45, 7) is 12.1. The van der Waals surface area contributed by atoms with E-state index in [1.54, 1.807) is 6.92 Å². The van der Waals surface area contributed by atoms with Crippen LogP contribution < -0.4 is 47.4 Å². The Morgan fingerprint density at radius 2 is 0.844 bits per heavy atom. The maximum atomic E-state index is 14.9. The molecule has 4 heterocycles. The SMILES string of the molecule is CCCCC(=O)C(C)=O.CCCCC12N(COC3CCCCC3)C(=O)N(COC3CCCCC3)C1(C)N(COC1CCCCC1)C(=O)N2COC1CCCCC1.CCCCC12NC(=O)NC1(C)NC(=O)N2.NC(N)=O.O.O=[P+]([O-])P(OO)(OO)([P+](=O)[O-])[P+](=O)[O-]. The van der Waals surface area contributed by atoms with Gasteiger partial charge in [-0.15, -0.1) is 0 Å². The second-order valence-corrected chi connectivity index (χ2v) is 39.7. The molecule has 8 fully saturated rings. The third-order valence-corrected chi connectivity index (χ3v) is 34.4. The van der Waals surface area contributed by atoms with Crippen molar-refractivity contribution in [3.8, 4) is 0 Å². The second kappa shape index (κ2) is 37.1. The Hall–Kier alpha value is -4.06.